The summed E-state index contributed by atoms with van der Waals surface area (Å²) in [6, 6.07) is 13.2. The molecule has 0 aliphatic carbocycles. The number of benzene rings is 2. The quantitative estimate of drug-likeness (QED) is 0.441. The number of nitrogens with one attached hydrogen (secondary N) is 1. The summed E-state index contributed by atoms with van der Waals surface area (Å²) in [5.41, 5.74) is 3.96. The van der Waals surface area contributed by atoms with E-state index in [9.17, 15) is 9.59 Å². The molecule has 2 heterocycles. The molecule has 0 spiro atoms. The molecule has 0 radical (unpaired) electrons. The molecule has 2 amide bonds. The fourth-order valence-corrected chi connectivity index (χ4v) is 4.43. The van der Waals surface area contributed by atoms with Gasteiger partial charge in [0.25, 0.3) is 5.91 Å². The number of carbonyl (C=O) groups is 2. The molecule has 6 heteroatoms. The molecule has 2 aromatic rings. The summed E-state index contributed by atoms with van der Waals surface area (Å²) in [6.07, 6.45) is 2.70. The molecule has 1 fully saturated rings. The predicted octanol–water partition coefficient (Wildman–Crippen LogP) is 1.95. The highest BCUT2D eigenvalue weighted by molar-refractivity contribution is 6.29. The van der Waals surface area contributed by atoms with Crippen molar-refractivity contribution in [2.75, 3.05) is 44.3 Å². The number of imide groups is 1. The number of aliphatic imine (C=N–C) groups is 1. The summed E-state index contributed by atoms with van der Waals surface area (Å²) >= 11 is 0. The van der Waals surface area contributed by atoms with E-state index >= 15 is 0 Å². The molecule has 1 N–H and O–H groups in total. The van der Waals surface area contributed by atoms with Gasteiger partial charge in [0, 0.05) is 24.7 Å². The Morgan fingerprint density at radius 2 is 1.81 bits per heavy atom. The van der Waals surface area contributed by atoms with Gasteiger partial charge in [-0.25, -0.2) is 4.90 Å². The van der Waals surface area contributed by atoms with Gasteiger partial charge in [-0.2, -0.15) is 0 Å². The highest BCUT2D eigenvalue weighted by atomic mass is 16.5. The number of fused-ring (bicyclic) bond motifs is 1. The van der Waals surface area contributed by atoms with E-state index in [1.54, 1.807) is 17.2 Å². The number of hydrogen-bond donors (Lipinski definition) is 1. The van der Waals surface area contributed by atoms with Gasteiger partial charge >= 0.3 is 0 Å². The maximum absolute atomic E-state index is 13.4. The molecule has 0 bridgehead atoms. The number of carbonyl (C=O) groups excluding carboxylic acids is 2. The van der Waals surface area contributed by atoms with Gasteiger partial charge in [0.1, 0.15) is 13.1 Å². The van der Waals surface area contributed by atoms with Crippen LogP contribution >= 0.6 is 0 Å². The average Bonchev–Trinajstić information content (AvgIpc) is 2.76. The van der Waals surface area contributed by atoms with Gasteiger partial charge in [-0.15, -0.1) is 0 Å². The number of rotatable bonds is 6. The summed E-state index contributed by atoms with van der Waals surface area (Å²) < 4.78 is 5.40. The monoisotopic (exact) mass is 420 g/mol. The normalized spacial score (nSPS) is 19.8. The van der Waals surface area contributed by atoms with E-state index in [1.807, 2.05) is 50.2 Å². The fraction of sp³-hybridized carbons (Fsp3) is 0.400. The molecule has 2 aromatic carbocycles. The number of anilines is 1. The molecule has 6 nitrogen and oxygen atoms in total. The molecular weight excluding hydrogens is 390 g/mol. The Morgan fingerprint density at radius 3 is 2.55 bits per heavy atom. The number of amides is 2. The number of quaternary nitrogens is 1. The maximum atomic E-state index is 13.4. The van der Waals surface area contributed by atoms with Crippen LogP contribution in [0.4, 0.5) is 5.69 Å². The van der Waals surface area contributed by atoms with Crippen molar-refractivity contribution in [2.24, 2.45) is 4.99 Å². The zero-order chi connectivity index (χ0) is 21.8. The van der Waals surface area contributed by atoms with Crippen molar-refractivity contribution in [1.82, 2.24) is 0 Å². The SMILES string of the molecule is Cc1cc(C)cc(N2C(=O)c3ccccc3[C@H](C=NCCC[NH+]3CCOCC3)C2=O)c1. The molecule has 1 saturated heterocycles. The second-order valence-corrected chi connectivity index (χ2v) is 8.41. The van der Waals surface area contributed by atoms with Crippen LogP contribution < -0.4 is 9.80 Å². The number of aryl methyl sites for hydroxylation is 2. The molecule has 162 valence electrons. The molecule has 2 aliphatic rings. The predicted molar refractivity (Wildman–Crippen MR) is 121 cm³/mol. The number of nitrogens with zero attached hydrogens (tertiary/aromatic N) is 2. The van der Waals surface area contributed by atoms with Gasteiger partial charge in [-0.05, 0) is 48.7 Å². The van der Waals surface area contributed by atoms with Crippen LogP contribution in [0.2, 0.25) is 0 Å². The van der Waals surface area contributed by atoms with E-state index in [2.05, 4.69) is 4.99 Å². The van der Waals surface area contributed by atoms with Crippen LogP contribution in [0.5, 0.6) is 0 Å². The van der Waals surface area contributed by atoms with Gasteiger partial charge in [0.2, 0.25) is 5.91 Å². The van der Waals surface area contributed by atoms with Crippen molar-refractivity contribution in [3.8, 4) is 0 Å². The third-order valence-electron chi connectivity index (χ3n) is 5.95. The molecule has 4 rings (SSSR count). The second kappa shape index (κ2) is 9.54. The first kappa shape index (κ1) is 21.4. The Labute approximate surface area is 183 Å². The van der Waals surface area contributed by atoms with E-state index < -0.39 is 5.92 Å². The van der Waals surface area contributed by atoms with Crippen LogP contribution in [-0.4, -0.2) is 57.4 Å². The van der Waals surface area contributed by atoms with Crippen molar-refractivity contribution in [3.05, 3.63) is 64.7 Å². The summed E-state index contributed by atoms with van der Waals surface area (Å²) in [5, 5.41) is 0. The first-order valence-electron chi connectivity index (χ1n) is 11.0. The van der Waals surface area contributed by atoms with E-state index in [0.29, 0.717) is 17.8 Å². The van der Waals surface area contributed by atoms with E-state index in [-0.39, 0.29) is 11.8 Å². The average molecular weight is 421 g/mol. The lowest BCUT2D eigenvalue weighted by atomic mass is 9.88. The van der Waals surface area contributed by atoms with Crippen molar-refractivity contribution in [3.63, 3.8) is 0 Å². The van der Waals surface area contributed by atoms with Crippen molar-refractivity contribution in [2.45, 2.75) is 26.2 Å². The number of morpholine rings is 1. The maximum Gasteiger partial charge on any atom is 0.265 e. The van der Waals surface area contributed by atoms with Gasteiger partial charge in [0.15, 0.2) is 0 Å². The standard InChI is InChI=1S/C25H29N3O3/c1-18-14-19(2)16-20(15-18)28-24(29)22-7-4-3-6-21(22)23(25(28)30)17-26-8-5-9-27-10-12-31-13-11-27/h3-4,6-7,14-17,23H,5,8-13H2,1-2H3/p+1/t23-/m0/s1. The largest absolute Gasteiger partial charge is 0.370 e. The molecule has 2 aliphatic heterocycles. The molecule has 0 aromatic heterocycles. The van der Waals surface area contributed by atoms with Crippen LogP contribution in [0.25, 0.3) is 0 Å². The zero-order valence-corrected chi connectivity index (χ0v) is 18.3. The lowest BCUT2D eigenvalue weighted by molar-refractivity contribution is -0.908. The summed E-state index contributed by atoms with van der Waals surface area (Å²) in [4.78, 5) is 34.1. The molecule has 0 unspecified atom stereocenters. The number of ether oxygens (including phenoxy) is 1. The van der Waals surface area contributed by atoms with Gasteiger partial charge in [-0.1, -0.05) is 24.3 Å². The minimum atomic E-state index is -0.551. The van der Waals surface area contributed by atoms with Crippen LogP contribution in [0.15, 0.2) is 47.5 Å². The van der Waals surface area contributed by atoms with Crippen molar-refractivity contribution < 1.29 is 19.2 Å². The van der Waals surface area contributed by atoms with Crippen molar-refractivity contribution in [1.29, 1.82) is 0 Å². The Balaban J connectivity index is 1.53. The summed E-state index contributed by atoms with van der Waals surface area (Å²) in [5.74, 6) is -1.06. The molecule has 1 atom stereocenters. The van der Waals surface area contributed by atoms with Gasteiger partial charge in [-0.3, -0.25) is 14.6 Å². The third-order valence-corrected chi connectivity index (χ3v) is 5.95. The first-order valence-corrected chi connectivity index (χ1v) is 11.0. The van der Waals surface area contributed by atoms with Crippen LogP contribution in [0.3, 0.4) is 0 Å². The van der Waals surface area contributed by atoms with Crippen LogP contribution in [0.1, 0.15) is 39.4 Å². The van der Waals surface area contributed by atoms with Gasteiger partial charge < -0.3 is 9.64 Å². The Hall–Kier alpha value is -2.83. The second-order valence-electron chi connectivity index (χ2n) is 8.41. The summed E-state index contributed by atoms with van der Waals surface area (Å²) in [7, 11) is 0. The highest BCUT2D eigenvalue weighted by Crippen LogP contribution is 2.32. The topological polar surface area (TPSA) is 63.4 Å². The minimum Gasteiger partial charge on any atom is -0.370 e. The minimum absolute atomic E-state index is 0.240. The fourth-order valence-electron chi connectivity index (χ4n) is 4.43. The van der Waals surface area contributed by atoms with Gasteiger partial charge in [0.05, 0.1) is 31.4 Å². The highest BCUT2D eigenvalue weighted by Gasteiger charge is 2.38. The van der Waals surface area contributed by atoms with E-state index in [1.165, 1.54) is 4.90 Å². The van der Waals surface area contributed by atoms with Crippen LogP contribution in [-0.2, 0) is 9.53 Å². The smallest absolute Gasteiger partial charge is 0.265 e. The van der Waals surface area contributed by atoms with Crippen molar-refractivity contribution >= 4 is 23.7 Å². The summed E-state index contributed by atoms with van der Waals surface area (Å²) in [6.45, 7) is 9.42. The van der Waals surface area contributed by atoms with E-state index in [0.717, 1.165) is 56.0 Å². The molecule has 31 heavy (non-hydrogen) atoms. The molecule has 0 saturated carbocycles. The first-order chi connectivity index (χ1) is 15.0. The van der Waals surface area contributed by atoms with Crippen LogP contribution in [0, 0.1) is 13.8 Å². The molecular formula is C25H30N3O3+. The van der Waals surface area contributed by atoms with E-state index in [4.69, 9.17) is 4.74 Å². The third kappa shape index (κ3) is 4.75. The Bertz CT molecular complexity index is 975. The zero-order valence-electron chi connectivity index (χ0n) is 18.3. The lowest BCUT2D eigenvalue weighted by Crippen LogP contribution is -3.14. The lowest BCUT2D eigenvalue weighted by Gasteiger charge is -2.31. The Kier molecular flexibility index (Phi) is 6.59. The number of hydrogen-bond acceptors (Lipinski definition) is 4. The Morgan fingerprint density at radius 1 is 1.10 bits per heavy atom.